The Hall–Kier alpha value is -2.47. The fraction of sp³-hybridized carbons (Fsp3) is 0.476. The second-order valence-corrected chi connectivity index (χ2v) is 9.14. The van der Waals surface area contributed by atoms with Gasteiger partial charge in [0.25, 0.3) is 0 Å². The number of nitrogens with zero attached hydrogens (tertiary/aromatic N) is 1. The van der Waals surface area contributed by atoms with Crippen molar-refractivity contribution in [3.63, 3.8) is 0 Å². The van der Waals surface area contributed by atoms with Crippen molar-refractivity contribution in [2.24, 2.45) is 22.5 Å². The molecule has 154 valence electrons. The van der Waals surface area contributed by atoms with E-state index in [2.05, 4.69) is 11.4 Å². The van der Waals surface area contributed by atoms with E-state index in [1.807, 2.05) is 6.07 Å². The highest BCUT2D eigenvalue weighted by Gasteiger charge is 2.67. The minimum atomic E-state index is -1.56. The summed E-state index contributed by atoms with van der Waals surface area (Å²) >= 11 is 1.33. The molecule has 2 aromatic rings. The van der Waals surface area contributed by atoms with E-state index in [0.29, 0.717) is 16.5 Å². The number of piperidine rings is 1. The van der Waals surface area contributed by atoms with E-state index in [1.54, 1.807) is 45.2 Å². The molecule has 5 atom stereocenters. The Morgan fingerprint density at radius 3 is 2.48 bits per heavy atom. The molecule has 5 unspecified atom stereocenters. The topological polar surface area (TPSA) is 136 Å². The normalized spacial score (nSPS) is 32.2. The molecule has 1 aliphatic heterocycles. The highest BCUT2D eigenvalue weighted by molar-refractivity contribution is 7.17. The molecule has 3 rings (SSSR count). The van der Waals surface area contributed by atoms with Gasteiger partial charge in [-0.2, -0.15) is 5.26 Å². The number of carbonyl (C=O) groups is 2. The number of nitrogens with one attached hydrogen (secondary N) is 1. The van der Waals surface area contributed by atoms with Crippen molar-refractivity contribution in [3.05, 3.63) is 34.7 Å². The Morgan fingerprint density at radius 1 is 1.31 bits per heavy atom. The third kappa shape index (κ3) is 2.69. The van der Waals surface area contributed by atoms with Crippen LogP contribution in [0.5, 0.6) is 0 Å². The molecule has 5 N–H and O–H groups in total. The molecule has 1 aromatic carbocycles. The Kier molecular flexibility index (Phi) is 5.20. The van der Waals surface area contributed by atoms with Crippen molar-refractivity contribution in [1.29, 1.82) is 5.26 Å². The number of benzene rings is 1. The molecule has 1 aromatic heterocycles. The monoisotopic (exact) mass is 415 g/mol. The van der Waals surface area contributed by atoms with Crippen molar-refractivity contribution in [2.75, 3.05) is 0 Å². The van der Waals surface area contributed by atoms with Gasteiger partial charge in [0.2, 0.25) is 0 Å². The molecule has 0 aliphatic carbocycles. The molecule has 0 saturated carbocycles. The van der Waals surface area contributed by atoms with E-state index >= 15 is 0 Å². The van der Waals surface area contributed by atoms with Crippen molar-refractivity contribution in [2.45, 2.75) is 45.8 Å². The van der Waals surface area contributed by atoms with E-state index in [9.17, 15) is 25.1 Å². The van der Waals surface area contributed by atoms with Crippen LogP contribution in [0.25, 0.3) is 10.1 Å². The lowest BCUT2D eigenvalue weighted by Gasteiger charge is -2.57. The molecule has 2 heterocycles. The zero-order chi connectivity index (χ0) is 21.7. The van der Waals surface area contributed by atoms with Gasteiger partial charge >= 0.3 is 11.9 Å². The number of aliphatic carboxylic acids is 2. The zero-order valence-electron chi connectivity index (χ0n) is 16.8. The number of rotatable bonds is 4. The maximum absolute atomic E-state index is 12.7. The van der Waals surface area contributed by atoms with E-state index in [0.717, 1.165) is 4.70 Å². The summed E-state index contributed by atoms with van der Waals surface area (Å²) in [7, 11) is 0. The third-order valence-corrected chi connectivity index (χ3v) is 7.82. The standard InChI is InChI=1S/C21H25N3O4S/c1-10(2)21(19(27)28)16(20(4,18(25)26)11(3)24-17(21)23)14-9-29-15-12(8-22)6-5-7-13(14)15/h5-7,9-11,16-17,24H,23H2,1-4H3,(H,25,26)(H,27,28). The van der Waals surface area contributed by atoms with Gasteiger partial charge in [-0.1, -0.05) is 26.0 Å². The lowest BCUT2D eigenvalue weighted by molar-refractivity contribution is -0.175. The lowest BCUT2D eigenvalue weighted by atomic mass is 9.50. The molecule has 1 saturated heterocycles. The first kappa shape index (κ1) is 21.2. The first-order valence-electron chi connectivity index (χ1n) is 9.43. The summed E-state index contributed by atoms with van der Waals surface area (Å²) in [6.07, 6.45) is -0.943. The van der Waals surface area contributed by atoms with Crippen molar-refractivity contribution >= 4 is 33.4 Å². The Morgan fingerprint density at radius 2 is 1.97 bits per heavy atom. The summed E-state index contributed by atoms with van der Waals surface area (Å²) in [5.74, 6) is -3.57. The maximum atomic E-state index is 12.7. The number of hydrogen-bond acceptors (Lipinski definition) is 6. The van der Waals surface area contributed by atoms with E-state index in [-0.39, 0.29) is 0 Å². The van der Waals surface area contributed by atoms with E-state index in [4.69, 9.17) is 5.73 Å². The fourth-order valence-corrected chi connectivity index (χ4v) is 6.04. The smallest absolute Gasteiger partial charge is 0.313 e. The first-order valence-corrected chi connectivity index (χ1v) is 10.3. The van der Waals surface area contributed by atoms with Crippen LogP contribution in [0.1, 0.15) is 44.7 Å². The second-order valence-electron chi connectivity index (χ2n) is 8.26. The number of fused-ring (bicyclic) bond motifs is 1. The molecule has 8 heteroatoms. The largest absolute Gasteiger partial charge is 0.481 e. The van der Waals surface area contributed by atoms with Crippen LogP contribution in [0.15, 0.2) is 23.6 Å². The van der Waals surface area contributed by atoms with Crippen LogP contribution in [-0.2, 0) is 9.59 Å². The van der Waals surface area contributed by atoms with Gasteiger partial charge < -0.3 is 15.9 Å². The van der Waals surface area contributed by atoms with Gasteiger partial charge in [-0.05, 0) is 42.2 Å². The lowest BCUT2D eigenvalue weighted by Crippen LogP contribution is -2.73. The van der Waals surface area contributed by atoms with Gasteiger partial charge in [0.05, 0.1) is 21.8 Å². The third-order valence-electron chi connectivity index (χ3n) is 6.77. The van der Waals surface area contributed by atoms with Crippen molar-refractivity contribution in [1.82, 2.24) is 5.32 Å². The van der Waals surface area contributed by atoms with Crippen LogP contribution in [0.3, 0.4) is 0 Å². The predicted octanol–water partition coefficient (Wildman–Crippen LogP) is 2.95. The summed E-state index contributed by atoms with van der Waals surface area (Å²) in [6.45, 7) is 6.83. The number of nitriles is 1. The van der Waals surface area contributed by atoms with Gasteiger partial charge in [0.15, 0.2) is 0 Å². The highest BCUT2D eigenvalue weighted by Crippen LogP contribution is 2.59. The van der Waals surface area contributed by atoms with Gasteiger partial charge in [-0.15, -0.1) is 11.3 Å². The van der Waals surface area contributed by atoms with Gasteiger partial charge in [0, 0.05) is 12.0 Å². The fourth-order valence-electron chi connectivity index (χ4n) is 4.98. The zero-order valence-corrected chi connectivity index (χ0v) is 17.6. The molecular formula is C21H25N3O4S. The molecule has 0 radical (unpaired) electrons. The molecule has 7 nitrogen and oxygen atoms in total. The molecule has 0 bridgehead atoms. The van der Waals surface area contributed by atoms with Crippen LogP contribution < -0.4 is 11.1 Å². The molecule has 1 aliphatic rings. The molecule has 0 spiro atoms. The minimum absolute atomic E-state index is 0.451. The number of carboxylic acid groups (broad SMARTS) is 2. The molecular weight excluding hydrogens is 390 g/mol. The van der Waals surface area contributed by atoms with Crippen LogP contribution in [0.2, 0.25) is 0 Å². The van der Waals surface area contributed by atoms with Crippen LogP contribution in [0.4, 0.5) is 0 Å². The van der Waals surface area contributed by atoms with Crippen LogP contribution in [0, 0.1) is 28.1 Å². The van der Waals surface area contributed by atoms with Crippen molar-refractivity contribution in [3.8, 4) is 6.07 Å². The number of carboxylic acids is 2. The first-order chi connectivity index (χ1) is 13.5. The number of nitrogens with two attached hydrogens (primary N) is 1. The van der Waals surface area contributed by atoms with Crippen LogP contribution in [-0.4, -0.2) is 34.4 Å². The molecule has 0 amide bonds. The predicted molar refractivity (Wildman–Crippen MR) is 111 cm³/mol. The number of thiophene rings is 1. The van der Waals surface area contributed by atoms with Crippen molar-refractivity contribution < 1.29 is 19.8 Å². The molecule has 29 heavy (non-hydrogen) atoms. The van der Waals surface area contributed by atoms with E-state index in [1.165, 1.54) is 11.3 Å². The average molecular weight is 416 g/mol. The SMILES string of the molecule is CC1NC(N)C(C(=O)O)(C(C)C)C(c2csc3c(C#N)cccc23)C1(C)C(=O)O. The second kappa shape index (κ2) is 7.10. The Balaban J connectivity index is 2.45. The Bertz CT molecular complexity index is 1030. The Labute approximate surface area is 173 Å². The summed E-state index contributed by atoms with van der Waals surface area (Å²) in [6, 6.07) is 6.83. The minimum Gasteiger partial charge on any atom is -0.481 e. The number of hydrogen-bond donors (Lipinski definition) is 4. The van der Waals surface area contributed by atoms with Gasteiger partial charge in [0.1, 0.15) is 11.5 Å². The average Bonchev–Trinajstić information content (AvgIpc) is 3.07. The summed E-state index contributed by atoms with van der Waals surface area (Å²) in [5, 5.41) is 35.7. The summed E-state index contributed by atoms with van der Waals surface area (Å²) < 4.78 is 0.723. The quantitative estimate of drug-likeness (QED) is 0.602. The van der Waals surface area contributed by atoms with Gasteiger partial charge in [-0.3, -0.25) is 14.9 Å². The van der Waals surface area contributed by atoms with Gasteiger partial charge in [-0.25, -0.2) is 0 Å². The summed E-state index contributed by atoms with van der Waals surface area (Å²) in [4.78, 5) is 25.3. The van der Waals surface area contributed by atoms with E-state index < -0.39 is 46.8 Å². The highest BCUT2D eigenvalue weighted by atomic mass is 32.1. The van der Waals surface area contributed by atoms with Crippen LogP contribution >= 0.6 is 11.3 Å². The molecule has 1 fully saturated rings. The maximum Gasteiger partial charge on any atom is 0.313 e. The summed E-state index contributed by atoms with van der Waals surface area (Å²) in [5.41, 5.74) is 4.49.